The van der Waals surface area contributed by atoms with Crippen molar-refractivity contribution in [2.45, 2.75) is 45.8 Å². The fraction of sp³-hybridized carbons (Fsp3) is 0.667. The van der Waals surface area contributed by atoms with Crippen molar-refractivity contribution in [2.75, 3.05) is 26.0 Å². The molecule has 28 heavy (non-hydrogen) atoms. The molecule has 1 aliphatic rings. The van der Waals surface area contributed by atoms with E-state index in [9.17, 15) is 18.0 Å². The van der Waals surface area contributed by atoms with E-state index in [0.29, 0.717) is 19.7 Å². The Morgan fingerprint density at radius 3 is 2.46 bits per heavy atom. The summed E-state index contributed by atoms with van der Waals surface area (Å²) in [7, 11) is -3.62. The monoisotopic (exact) mass is 417 g/mol. The second-order valence-corrected chi connectivity index (χ2v) is 9.41. The Labute approximate surface area is 164 Å². The van der Waals surface area contributed by atoms with Gasteiger partial charge in [0, 0.05) is 19.2 Å². The second-order valence-electron chi connectivity index (χ2n) is 7.76. The lowest BCUT2D eigenvalue weighted by Gasteiger charge is -2.33. The van der Waals surface area contributed by atoms with E-state index in [4.69, 9.17) is 13.9 Å². The van der Waals surface area contributed by atoms with Crippen molar-refractivity contribution >= 4 is 16.2 Å². The number of rotatable bonds is 6. The molecule has 0 spiro atoms. The number of hydrogen-bond donors (Lipinski definition) is 0. The first-order chi connectivity index (χ1) is 12.9. The number of piperidine rings is 1. The lowest BCUT2D eigenvalue weighted by molar-refractivity contribution is 0.0164. The molecule has 0 bridgehead atoms. The Hall–Kier alpha value is -2.07. The number of nitrogens with zero attached hydrogens (tertiary/aromatic N) is 1. The second kappa shape index (κ2) is 8.95. The third-order valence-corrected chi connectivity index (χ3v) is 4.55. The van der Waals surface area contributed by atoms with Crippen LogP contribution in [0.4, 0.5) is 4.79 Å². The molecule has 1 aromatic rings. The zero-order valence-corrected chi connectivity index (χ0v) is 17.4. The van der Waals surface area contributed by atoms with Crippen molar-refractivity contribution in [1.29, 1.82) is 0 Å². The van der Waals surface area contributed by atoms with E-state index >= 15 is 0 Å². The summed E-state index contributed by atoms with van der Waals surface area (Å²) < 4.78 is 42.6. The van der Waals surface area contributed by atoms with Crippen LogP contribution < -0.4 is 10.2 Å². The molecule has 1 aromatic heterocycles. The predicted molar refractivity (Wildman–Crippen MR) is 101 cm³/mol. The third-order valence-electron chi connectivity index (χ3n) is 4.01. The Balaban J connectivity index is 1.81. The van der Waals surface area contributed by atoms with Gasteiger partial charge in [-0.2, -0.15) is 8.42 Å². The molecule has 0 radical (unpaired) electrons. The molecule has 0 N–H and O–H groups in total. The van der Waals surface area contributed by atoms with E-state index in [1.807, 2.05) is 20.8 Å². The number of likely N-dealkylation sites (tertiary alicyclic amines) is 1. The van der Waals surface area contributed by atoms with Crippen LogP contribution >= 0.6 is 0 Å². The van der Waals surface area contributed by atoms with Crippen LogP contribution in [0, 0.1) is 5.92 Å². The zero-order valence-electron chi connectivity index (χ0n) is 16.6. The van der Waals surface area contributed by atoms with Gasteiger partial charge >= 0.3 is 6.09 Å². The van der Waals surface area contributed by atoms with Gasteiger partial charge in [-0.25, -0.2) is 4.79 Å². The number of ether oxygens (including phenoxy) is 2. The van der Waals surface area contributed by atoms with Crippen LogP contribution in [0.3, 0.4) is 0 Å². The number of carbonyl (C=O) groups is 1. The smallest absolute Gasteiger partial charge is 0.410 e. The van der Waals surface area contributed by atoms with Crippen molar-refractivity contribution in [3.8, 4) is 5.75 Å². The Kier molecular flexibility index (Phi) is 7.11. The van der Waals surface area contributed by atoms with Crippen molar-refractivity contribution < 1.29 is 31.3 Å². The highest BCUT2D eigenvalue weighted by molar-refractivity contribution is 7.85. The van der Waals surface area contributed by atoms with Crippen molar-refractivity contribution in [1.82, 2.24) is 4.90 Å². The molecule has 9 nitrogen and oxygen atoms in total. The summed E-state index contributed by atoms with van der Waals surface area (Å²) >= 11 is 0. The van der Waals surface area contributed by atoms with Crippen molar-refractivity contribution in [3.05, 3.63) is 28.3 Å². The molecule has 0 aliphatic carbocycles. The summed E-state index contributed by atoms with van der Waals surface area (Å²) in [6, 6.07) is 1.14. The van der Waals surface area contributed by atoms with Crippen molar-refractivity contribution in [3.63, 3.8) is 0 Å². The highest BCUT2D eigenvalue weighted by Crippen LogP contribution is 2.20. The zero-order chi connectivity index (χ0) is 20.9. The van der Waals surface area contributed by atoms with Gasteiger partial charge in [-0.1, -0.05) is 0 Å². The first-order valence-electron chi connectivity index (χ1n) is 9.00. The minimum absolute atomic E-state index is 0.0534. The molecule has 10 heteroatoms. The van der Waals surface area contributed by atoms with Crippen LogP contribution in [-0.2, 0) is 25.6 Å². The Morgan fingerprint density at radius 2 is 1.93 bits per heavy atom. The molecule has 1 amide bonds. The van der Waals surface area contributed by atoms with E-state index in [0.717, 1.165) is 31.4 Å². The molecule has 0 atom stereocenters. The topological polar surface area (TPSA) is 112 Å². The molecule has 1 fully saturated rings. The first kappa shape index (κ1) is 22.2. The minimum Gasteiger partial charge on any atom is -0.486 e. The maximum absolute atomic E-state index is 12.1. The molecule has 0 unspecified atom stereocenters. The van der Waals surface area contributed by atoms with E-state index in [-0.39, 0.29) is 30.1 Å². The van der Waals surface area contributed by atoms with E-state index < -0.39 is 21.1 Å². The maximum Gasteiger partial charge on any atom is 0.410 e. The molecule has 2 heterocycles. The van der Waals surface area contributed by atoms with Gasteiger partial charge in [-0.05, 0) is 39.5 Å². The maximum atomic E-state index is 12.1. The Morgan fingerprint density at radius 1 is 1.29 bits per heavy atom. The van der Waals surface area contributed by atoms with Crippen LogP contribution in [0.2, 0.25) is 0 Å². The summed E-state index contributed by atoms with van der Waals surface area (Å²) in [6.45, 7) is 6.60. The van der Waals surface area contributed by atoms with Crippen LogP contribution in [0.5, 0.6) is 5.75 Å². The molecule has 0 aromatic carbocycles. The molecule has 2 rings (SSSR count). The number of carbonyl (C=O) groups excluding carboxylic acids is 1. The van der Waals surface area contributed by atoms with E-state index in [1.165, 1.54) is 0 Å². The summed E-state index contributed by atoms with van der Waals surface area (Å²) in [5.74, 6) is 0.345. The molecule has 158 valence electrons. The predicted octanol–water partition coefficient (Wildman–Crippen LogP) is 2.14. The first-order valence-corrected chi connectivity index (χ1v) is 10.8. The normalized spacial score (nSPS) is 16.1. The highest BCUT2D eigenvalue weighted by atomic mass is 32.2. The van der Waals surface area contributed by atoms with Gasteiger partial charge in [0.2, 0.25) is 11.2 Å². The van der Waals surface area contributed by atoms with E-state index in [2.05, 4.69) is 4.18 Å². The van der Waals surface area contributed by atoms with Crippen LogP contribution in [-0.4, -0.2) is 51.0 Å². The van der Waals surface area contributed by atoms with Gasteiger partial charge in [0.25, 0.3) is 10.1 Å². The molecule has 1 aliphatic heterocycles. The number of amides is 1. The quantitative estimate of drug-likeness (QED) is 0.647. The van der Waals surface area contributed by atoms with Gasteiger partial charge in [-0.15, -0.1) is 0 Å². The minimum atomic E-state index is -3.62. The summed E-state index contributed by atoms with van der Waals surface area (Å²) in [4.78, 5) is 25.8. The number of hydrogen-bond acceptors (Lipinski definition) is 8. The van der Waals surface area contributed by atoms with Crippen molar-refractivity contribution in [2.24, 2.45) is 5.92 Å². The van der Waals surface area contributed by atoms with Gasteiger partial charge in [-0.3, -0.25) is 8.98 Å². The summed E-state index contributed by atoms with van der Waals surface area (Å²) in [5.41, 5.74) is -0.937. The van der Waals surface area contributed by atoms with Gasteiger partial charge in [0.15, 0.2) is 0 Å². The molecular formula is C18H27NO8S. The standard InChI is InChI=1S/C18H27NO8S/c1-18(2,3)27-17(21)19-7-5-13(6-8-19)10-25-16-12-24-14(9-15(16)20)11-26-28(4,22)23/h9,12-13H,5-8,10-11H2,1-4H3. The lowest BCUT2D eigenvalue weighted by Crippen LogP contribution is -2.42. The average Bonchev–Trinajstić information content (AvgIpc) is 2.57. The van der Waals surface area contributed by atoms with Gasteiger partial charge in [0.1, 0.15) is 24.2 Å². The summed E-state index contributed by atoms with van der Waals surface area (Å²) in [5, 5.41) is 0. The van der Waals surface area contributed by atoms with Gasteiger partial charge < -0.3 is 18.8 Å². The van der Waals surface area contributed by atoms with Gasteiger partial charge in [0.05, 0.1) is 12.9 Å². The third kappa shape index (κ3) is 7.51. The fourth-order valence-electron chi connectivity index (χ4n) is 2.60. The lowest BCUT2D eigenvalue weighted by atomic mass is 9.98. The fourth-order valence-corrected chi connectivity index (χ4v) is 2.93. The molecular weight excluding hydrogens is 390 g/mol. The molecule has 0 saturated carbocycles. The largest absolute Gasteiger partial charge is 0.486 e. The van der Waals surface area contributed by atoms with Crippen LogP contribution in [0.25, 0.3) is 0 Å². The summed E-state index contributed by atoms with van der Waals surface area (Å²) in [6.07, 6.45) is 3.23. The highest BCUT2D eigenvalue weighted by Gasteiger charge is 2.27. The van der Waals surface area contributed by atoms with Crippen LogP contribution in [0.15, 0.2) is 21.5 Å². The average molecular weight is 417 g/mol. The molecule has 1 saturated heterocycles. The SMILES string of the molecule is CC(C)(C)OC(=O)N1CCC(COc2coc(COS(C)(=O)=O)cc2=O)CC1. The van der Waals surface area contributed by atoms with Crippen LogP contribution in [0.1, 0.15) is 39.4 Å². The Bertz CT molecular complexity index is 832. The van der Waals surface area contributed by atoms with E-state index in [1.54, 1.807) is 4.90 Å².